The lowest BCUT2D eigenvalue weighted by molar-refractivity contribution is -0.116. The Morgan fingerprint density at radius 3 is 2.21 bits per heavy atom. The molecule has 0 fully saturated rings. The third kappa shape index (κ3) is 5.64. The molecule has 4 aromatic carbocycles. The topological polar surface area (TPSA) is 80.2 Å². The molecule has 0 atom stereocenters. The van der Waals surface area contributed by atoms with Crippen LogP contribution in [-0.4, -0.2) is 25.4 Å². The van der Waals surface area contributed by atoms with Crippen LogP contribution in [0.15, 0.2) is 102 Å². The third-order valence-corrected chi connectivity index (χ3v) is 8.27. The molecule has 2 N–H and O–H groups in total. The number of amides is 1. The molecule has 5 aromatic rings. The molecule has 0 unspecified atom stereocenters. The highest BCUT2D eigenvalue weighted by Crippen LogP contribution is 2.31. The van der Waals surface area contributed by atoms with E-state index in [1.54, 1.807) is 24.3 Å². The predicted molar refractivity (Wildman–Crippen MR) is 154 cm³/mol. The number of para-hydroxylation sites is 1. The lowest BCUT2D eigenvalue weighted by Crippen LogP contribution is -2.26. The number of rotatable bonds is 10. The zero-order valence-electron chi connectivity index (χ0n) is 21.4. The average molecular weight is 526 g/mol. The van der Waals surface area contributed by atoms with Crippen LogP contribution in [-0.2, 0) is 34.2 Å². The lowest BCUT2D eigenvalue weighted by atomic mass is 10.1. The number of aromatic nitrogens is 1. The van der Waals surface area contributed by atoms with Crippen molar-refractivity contribution in [1.29, 1.82) is 0 Å². The first kappa shape index (κ1) is 25.7. The van der Waals surface area contributed by atoms with E-state index in [9.17, 15) is 13.2 Å². The van der Waals surface area contributed by atoms with Gasteiger partial charge in [-0.3, -0.25) is 4.79 Å². The number of nitrogens with one attached hydrogen (secondary N) is 2. The highest BCUT2D eigenvalue weighted by molar-refractivity contribution is 7.89. The number of carbonyl (C=O) groups is 1. The van der Waals surface area contributed by atoms with Gasteiger partial charge in [-0.15, -0.1) is 0 Å². The molecule has 0 bridgehead atoms. The Kier molecular flexibility index (Phi) is 7.58. The fourth-order valence-electron chi connectivity index (χ4n) is 4.85. The van der Waals surface area contributed by atoms with Crippen molar-refractivity contribution >= 4 is 43.4 Å². The molecule has 0 saturated carbocycles. The summed E-state index contributed by atoms with van der Waals surface area (Å²) >= 11 is 0. The van der Waals surface area contributed by atoms with Crippen molar-refractivity contribution in [2.24, 2.45) is 0 Å². The maximum absolute atomic E-state index is 12.7. The summed E-state index contributed by atoms with van der Waals surface area (Å²) < 4.78 is 30.2. The first-order valence-electron chi connectivity index (χ1n) is 12.9. The first-order valence-corrected chi connectivity index (χ1v) is 14.4. The minimum Gasteiger partial charge on any atom is -0.341 e. The summed E-state index contributed by atoms with van der Waals surface area (Å²) in [7, 11) is -3.58. The quantitative estimate of drug-likeness (QED) is 0.238. The van der Waals surface area contributed by atoms with E-state index in [-0.39, 0.29) is 10.8 Å². The number of aryl methyl sites for hydroxylation is 2. The number of sulfonamides is 1. The van der Waals surface area contributed by atoms with E-state index in [2.05, 4.69) is 39.7 Å². The third-order valence-electron chi connectivity index (χ3n) is 6.80. The summed E-state index contributed by atoms with van der Waals surface area (Å²) in [5.41, 5.74) is 5.09. The molecule has 7 heteroatoms. The molecule has 0 aliphatic heterocycles. The molecule has 0 aliphatic rings. The molecule has 1 heterocycles. The van der Waals surface area contributed by atoms with E-state index in [0.717, 1.165) is 34.3 Å². The first-order chi connectivity index (χ1) is 18.4. The van der Waals surface area contributed by atoms with Crippen LogP contribution >= 0.6 is 0 Å². The van der Waals surface area contributed by atoms with Crippen LogP contribution in [0.25, 0.3) is 21.8 Å². The Bertz CT molecular complexity index is 1670. The van der Waals surface area contributed by atoms with E-state index < -0.39 is 10.0 Å². The molecule has 6 nitrogen and oxygen atoms in total. The minimum absolute atomic E-state index is 0.0807. The van der Waals surface area contributed by atoms with E-state index in [1.165, 1.54) is 10.9 Å². The van der Waals surface area contributed by atoms with Crippen LogP contribution in [0.2, 0.25) is 0 Å². The highest BCUT2D eigenvalue weighted by Gasteiger charge is 2.14. The number of fused-ring (bicyclic) bond motifs is 3. The molecule has 0 saturated heterocycles. The van der Waals surface area contributed by atoms with Crippen LogP contribution in [0, 0.1) is 0 Å². The fraction of sp³-hybridized carbons (Fsp3) is 0.194. The van der Waals surface area contributed by atoms with Crippen LogP contribution in [0.4, 0.5) is 5.69 Å². The van der Waals surface area contributed by atoms with Gasteiger partial charge in [-0.05, 0) is 67.3 Å². The number of hydrogen-bond acceptors (Lipinski definition) is 3. The zero-order chi connectivity index (χ0) is 26.5. The van der Waals surface area contributed by atoms with Gasteiger partial charge < -0.3 is 9.88 Å². The minimum atomic E-state index is -3.58. The summed E-state index contributed by atoms with van der Waals surface area (Å²) in [5, 5.41) is 5.31. The van der Waals surface area contributed by atoms with Gasteiger partial charge in [0.2, 0.25) is 15.9 Å². The van der Waals surface area contributed by atoms with Gasteiger partial charge in [-0.25, -0.2) is 13.1 Å². The Morgan fingerprint density at radius 1 is 0.763 bits per heavy atom. The molecule has 5 rings (SSSR count). The van der Waals surface area contributed by atoms with Gasteiger partial charge in [0.15, 0.2) is 0 Å². The lowest BCUT2D eigenvalue weighted by Gasteiger charge is -2.09. The van der Waals surface area contributed by atoms with Gasteiger partial charge in [0, 0.05) is 47.0 Å². The van der Waals surface area contributed by atoms with Crippen LogP contribution in [0.3, 0.4) is 0 Å². The summed E-state index contributed by atoms with van der Waals surface area (Å²) in [6, 6.07) is 30.8. The molecule has 0 spiro atoms. The maximum atomic E-state index is 12.7. The Labute approximate surface area is 223 Å². The number of benzene rings is 4. The zero-order valence-corrected chi connectivity index (χ0v) is 22.2. The number of anilines is 1. The van der Waals surface area contributed by atoms with Crippen LogP contribution in [0.5, 0.6) is 0 Å². The number of hydrogen-bond donors (Lipinski definition) is 2. The number of nitrogens with zero attached hydrogens (tertiary/aromatic N) is 1. The molecule has 194 valence electrons. The SMILES string of the molecule is CCn1c2ccccc2c2cc(NC(=O)CCc3ccc(S(=O)(=O)NCCc4ccccc4)cc3)ccc21. The Hall–Kier alpha value is -3.94. The fourth-order valence-corrected chi connectivity index (χ4v) is 5.88. The molecular weight excluding hydrogens is 494 g/mol. The van der Waals surface area contributed by atoms with E-state index in [4.69, 9.17) is 0 Å². The van der Waals surface area contributed by atoms with Crippen molar-refractivity contribution < 1.29 is 13.2 Å². The second-order valence-electron chi connectivity index (χ2n) is 9.32. The average Bonchev–Trinajstić information content (AvgIpc) is 3.25. The van der Waals surface area contributed by atoms with Crippen molar-refractivity contribution in [3.8, 4) is 0 Å². The molecule has 0 radical (unpaired) electrons. The van der Waals surface area contributed by atoms with Gasteiger partial charge in [0.1, 0.15) is 0 Å². The second-order valence-corrected chi connectivity index (χ2v) is 11.1. The summed E-state index contributed by atoms with van der Waals surface area (Å²) in [4.78, 5) is 12.9. The standard InChI is InChI=1S/C31H31N3O3S/c1-2-34-29-11-7-6-10-27(29)28-22-25(15-18-30(28)34)33-31(35)19-14-24-12-16-26(17-13-24)38(36,37)32-21-20-23-8-4-3-5-9-23/h3-13,15-18,22,32H,2,14,19-21H2,1H3,(H,33,35). The van der Waals surface area contributed by atoms with Gasteiger partial charge in [0.05, 0.1) is 4.90 Å². The summed E-state index contributed by atoms with van der Waals surface area (Å²) in [5.74, 6) is -0.0807. The van der Waals surface area contributed by atoms with Gasteiger partial charge in [-0.1, -0.05) is 60.7 Å². The Balaban J connectivity index is 1.17. The van der Waals surface area contributed by atoms with Crippen molar-refractivity contribution in [2.75, 3.05) is 11.9 Å². The normalized spacial score (nSPS) is 11.7. The van der Waals surface area contributed by atoms with Crippen molar-refractivity contribution in [2.45, 2.75) is 37.6 Å². The van der Waals surface area contributed by atoms with E-state index in [1.807, 2.05) is 54.6 Å². The number of carbonyl (C=O) groups excluding carboxylic acids is 1. The van der Waals surface area contributed by atoms with E-state index >= 15 is 0 Å². The monoisotopic (exact) mass is 525 g/mol. The van der Waals surface area contributed by atoms with Gasteiger partial charge in [-0.2, -0.15) is 0 Å². The summed E-state index contributed by atoms with van der Waals surface area (Å²) in [6.07, 6.45) is 1.45. The van der Waals surface area contributed by atoms with Crippen molar-refractivity contribution in [3.63, 3.8) is 0 Å². The van der Waals surface area contributed by atoms with Crippen molar-refractivity contribution in [3.05, 3.63) is 108 Å². The largest absolute Gasteiger partial charge is 0.341 e. The van der Waals surface area contributed by atoms with Crippen LogP contribution in [0.1, 0.15) is 24.5 Å². The van der Waals surface area contributed by atoms with Crippen molar-refractivity contribution in [1.82, 2.24) is 9.29 Å². The summed E-state index contributed by atoms with van der Waals surface area (Å²) in [6.45, 7) is 3.34. The smallest absolute Gasteiger partial charge is 0.240 e. The van der Waals surface area contributed by atoms with E-state index in [0.29, 0.717) is 25.8 Å². The predicted octanol–water partition coefficient (Wildman–Crippen LogP) is 5.91. The molecule has 0 aliphatic carbocycles. The Morgan fingerprint density at radius 2 is 1.45 bits per heavy atom. The molecule has 38 heavy (non-hydrogen) atoms. The highest BCUT2D eigenvalue weighted by atomic mass is 32.2. The second kappa shape index (κ2) is 11.2. The van der Waals surface area contributed by atoms with Gasteiger partial charge in [0.25, 0.3) is 0 Å². The van der Waals surface area contributed by atoms with Crippen LogP contribution < -0.4 is 10.0 Å². The molecule has 1 aromatic heterocycles. The van der Waals surface area contributed by atoms with Gasteiger partial charge >= 0.3 is 0 Å². The molecular formula is C31H31N3O3S. The maximum Gasteiger partial charge on any atom is 0.240 e. The molecule has 1 amide bonds.